The van der Waals surface area contributed by atoms with Gasteiger partial charge in [0.1, 0.15) is 4.88 Å². The summed E-state index contributed by atoms with van der Waals surface area (Å²) in [7, 11) is 1.39. The number of carbonyl (C=O) groups is 1. The second-order valence-corrected chi connectivity index (χ2v) is 6.45. The summed E-state index contributed by atoms with van der Waals surface area (Å²) >= 11 is 4.94. The van der Waals surface area contributed by atoms with Gasteiger partial charge < -0.3 is 4.74 Å². The lowest BCUT2D eigenvalue weighted by Gasteiger charge is -2.00. The van der Waals surface area contributed by atoms with Crippen molar-refractivity contribution in [1.82, 2.24) is 9.38 Å². The largest absolute Gasteiger partial charge is 0.465 e. The summed E-state index contributed by atoms with van der Waals surface area (Å²) in [6.07, 6.45) is 2.64. The van der Waals surface area contributed by atoms with Gasteiger partial charge in [-0.25, -0.2) is 9.78 Å². The van der Waals surface area contributed by atoms with Gasteiger partial charge in [-0.15, -0.1) is 0 Å². The predicted molar refractivity (Wildman–Crippen MR) is 80.4 cm³/mol. The Kier molecular flexibility index (Phi) is 2.52. The third-order valence-corrected chi connectivity index (χ3v) is 5.24. The Balaban J connectivity index is 1.92. The van der Waals surface area contributed by atoms with Gasteiger partial charge in [-0.05, 0) is 11.6 Å². The second-order valence-electron chi connectivity index (χ2n) is 4.59. The van der Waals surface area contributed by atoms with Crippen molar-refractivity contribution in [3.05, 3.63) is 45.0 Å². The minimum Gasteiger partial charge on any atom is -0.465 e. The van der Waals surface area contributed by atoms with E-state index in [1.165, 1.54) is 29.6 Å². The van der Waals surface area contributed by atoms with Crippen LogP contribution in [0, 0.1) is 0 Å². The van der Waals surface area contributed by atoms with E-state index < -0.39 is 0 Å². The first-order valence-electron chi connectivity index (χ1n) is 6.06. The van der Waals surface area contributed by atoms with Gasteiger partial charge in [-0.3, -0.25) is 4.40 Å². The second kappa shape index (κ2) is 4.17. The molecular formula is C14H9BrN2O2S. The molecule has 1 aromatic carbocycles. The fraction of sp³-hybridized carbons (Fsp3) is 0.143. The van der Waals surface area contributed by atoms with Gasteiger partial charge in [-0.1, -0.05) is 39.4 Å². The maximum atomic E-state index is 11.6. The molecule has 0 fully saturated rings. The molecular weight excluding hydrogens is 340 g/mol. The fourth-order valence-corrected chi connectivity index (χ4v) is 4.02. The molecule has 0 bridgehead atoms. The van der Waals surface area contributed by atoms with Crippen molar-refractivity contribution < 1.29 is 9.53 Å². The van der Waals surface area contributed by atoms with Crippen LogP contribution in [0.2, 0.25) is 0 Å². The Bertz CT molecular complexity index is 866. The number of ether oxygens (including phenoxy) is 1. The summed E-state index contributed by atoms with van der Waals surface area (Å²) in [5.41, 5.74) is 4.58. The van der Waals surface area contributed by atoms with Crippen LogP contribution in [-0.4, -0.2) is 22.5 Å². The number of methoxy groups -OCH3 is 1. The average Bonchev–Trinajstić information content (AvgIpc) is 3.08. The van der Waals surface area contributed by atoms with Crippen LogP contribution in [0.3, 0.4) is 0 Å². The maximum absolute atomic E-state index is 11.6. The number of aromatic nitrogens is 2. The first-order valence-corrected chi connectivity index (χ1v) is 7.67. The SMILES string of the molecule is COC(=O)c1cn2c3c(nc2s1)-c1cccc(Br)c1C3. The smallest absolute Gasteiger partial charge is 0.349 e. The van der Waals surface area contributed by atoms with Crippen molar-refractivity contribution in [3.8, 4) is 11.3 Å². The van der Waals surface area contributed by atoms with Gasteiger partial charge in [0.25, 0.3) is 0 Å². The van der Waals surface area contributed by atoms with Gasteiger partial charge in [-0.2, -0.15) is 0 Å². The highest BCUT2D eigenvalue weighted by Gasteiger charge is 2.27. The van der Waals surface area contributed by atoms with E-state index in [1.54, 1.807) is 0 Å². The standard InChI is InChI=1S/C14H9BrN2O2S/c1-19-13(18)11-6-17-10-5-8-7(3-2-4-9(8)15)12(10)16-14(17)20-11/h2-4,6H,5H2,1H3. The molecule has 4 nitrogen and oxygen atoms in total. The van der Waals surface area contributed by atoms with Crippen molar-refractivity contribution in [3.63, 3.8) is 0 Å². The first kappa shape index (κ1) is 12.1. The summed E-state index contributed by atoms with van der Waals surface area (Å²) in [5.74, 6) is -0.314. The van der Waals surface area contributed by atoms with Crippen LogP contribution in [-0.2, 0) is 11.2 Å². The zero-order chi connectivity index (χ0) is 13.9. The number of esters is 1. The Morgan fingerprint density at radius 2 is 2.35 bits per heavy atom. The Hall–Kier alpha value is -1.66. The highest BCUT2D eigenvalue weighted by Crippen LogP contribution is 2.41. The zero-order valence-electron chi connectivity index (χ0n) is 10.5. The molecule has 0 atom stereocenters. The monoisotopic (exact) mass is 348 g/mol. The molecule has 0 amide bonds. The van der Waals surface area contributed by atoms with Crippen molar-refractivity contribution in [2.45, 2.75) is 6.42 Å². The average molecular weight is 349 g/mol. The molecule has 0 radical (unpaired) electrons. The number of carbonyl (C=O) groups excluding carboxylic acids is 1. The van der Waals surface area contributed by atoms with E-state index in [9.17, 15) is 4.79 Å². The summed E-state index contributed by atoms with van der Waals surface area (Å²) < 4.78 is 7.86. The summed E-state index contributed by atoms with van der Waals surface area (Å²) in [5, 5.41) is 0. The Morgan fingerprint density at radius 3 is 3.15 bits per heavy atom. The molecule has 0 unspecified atom stereocenters. The van der Waals surface area contributed by atoms with Crippen molar-refractivity contribution in [2.75, 3.05) is 7.11 Å². The molecule has 1 aliphatic rings. The molecule has 100 valence electrons. The molecule has 0 saturated heterocycles. The molecule has 4 rings (SSSR count). The quantitative estimate of drug-likeness (QED) is 0.494. The fourth-order valence-electron chi connectivity index (χ4n) is 2.60. The summed E-state index contributed by atoms with van der Waals surface area (Å²) in [6.45, 7) is 0. The van der Waals surface area contributed by atoms with Crippen LogP contribution in [0.4, 0.5) is 0 Å². The third-order valence-electron chi connectivity index (χ3n) is 3.53. The van der Waals surface area contributed by atoms with Gasteiger partial charge in [0.05, 0.1) is 18.5 Å². The van der Waals surface area contributed by atoms with Crippen LogP contribution >= 0.6 is 27.3 Å². The maximum Gasteiger partial charge on any atom is 0.349 e. The lowest BCUT2D eigenvalue weighted by Crippen LogP contribution is -1.98. The number of benzene rings is 1. The Morgan fingerprint density at radius 1 is 1.50 bits per heavy atom. The molecule has 6 heteroatoms. The number of imidazole rings is 1. The molecule has 2 heterocycles. The van der Waals surface area contributed by atoms with E-state index in [0.717, 1.165) is 27.2 Å². The van der Waals surface area contributed by atoms with Crippen LogP contribution < -0.4 is 0 Å². The number of hydrogen-bond acceptors (Lipinski definition) is 4. The minimum absolute atomic E-state index is 0.314. The molecule has 0 N–H and O–H groups in total. The molecule has 0 aliphatic heterocycles. The number of fused-ring (bicyclic) bond motifs is 5. The molecule has 0 spiro atoms. The first-order chi connectivity index (χ1) is 9.69. The van der Waals surface area contributed by atoms with E-state index in [1.807, 2.05) is 22.7 Å². The van der Waals surface area contributed by atoms with Gasteiger partial charge in [0.2, 0.25) is 0 Å². The van der Waals surface area contributed by atoms with Crippen LogP contribution in [0.25, 0.3) is 16.2 Å². The Labute approximate surface area is 127 Å². The normalized spacial score (nSPS) is 12.5. The van der Waals surface area contributed by atoms with Crippen molar-refractivity contribution in [1.29, 1.82) is 0 Å². The molecule has 2 aromatic heterocycles. The lowest BCUT2D eigenvalue weighted by molar-refractivity contribution is 0.0606. The molecule has 3 aromatic rings. The van der Waals surface area contributed by atoms with E-state index in [-0.39, 0.29) is 5.97 Å². The van der Waals surface area contributed by atoms with E-state index in [2.05, 4.69) is 27.0 Å². The summed E-state index contributed by atoms with van der Waals surface area (Å²) in [6, 6.07) is 6.15. The van der Waals surface area contributed by atoms with Crippen molar-refractivity contribution >= 4 is 38.2 Å². The van der Waals surface area contributed by atoms with Crippen LogP contribution in [0.5, 0.6) is 0 Å². The molecule has 0 saturated carbocycles. The number of hydrogen-bond donors (Lipinski definition) is 0. The van der Waals surface area contributed by atoms with E-state index in [4.69, 9.17) is 4.74 Å². The lowest BCUT2D eigenvalue weighted by atomic mass is 10.1. The minimum atomic E-state index is -0.314. The van der Waals surface area contributed by atoms with Crippen LogP contribution in [0.1, 0.15) is 20.9 Å². The van der Waals surface area contributed by atoms with Crippen LogP contribution in [0.15, 0.2) is 28.9 Å². The third kappa shape index (κ3) is 1.52. The van der Waals surface area contributed by atoms with Gasteiger partial charge >= 0.3 is 5.97 Å². The number of nitrogens with zero attached hydrogens (tertiary/aromatic N) is 2. The van der Waals surface area contributed by atoms with Gasteiger partial charge in [0.15, 0.2) is 4.96 Å². The highest BCUT2D eigenvalue weighted by atomic mass is 79.9. The number of halogens is 1. The highest BCUT2D eigenvalue weighted by molar-refractivity contribution is 9.10. The summed E-state index contributed by atoms with van der Waals surface area (Å²) in [4.78, 5) is 17.7. The predicted octanol–water partition coefficient (Wildman–Crippen LogP) is 3.52. The molecule has 1 aliphatic carbocycles. The van der Waals surface area contributed by atoms with Crippen molar-refractivity contribution in [2.24, 2.45) is 0 Å². The molecule has 20 heavy (non-hydrogen) atoms. The topological polar surface area (TPSA) is 43.6 Å². The number of thiazole rings is 1. The zero-order valence-corrected chi connectivity index (χ0v) is 12.9. The van der Waals surface area contributed by atoms with Gasteiger partial charge in [0, 0.05) is 22.7 Å². The van der Waals surface area contributed by atoms with E-state index >= 15 is 0 Å². The van der Waals surface area contributed by atoms with E-state index in [0.29, 0.717) is 4.88 Å². The number of rotatable bonds is 1.